The van der Waals surface area contributed by atoms with Crippen LogP contribution in [0.4, 0.5) is 0 Å². The van der Waals surface area contributed by atoms with Gasteiger partial charge in [-0.25, -0.2) is 27.3 Å². The molecule has 0 atom stereocenters. The average molecular weight is 537 g/mol. The maximum Gasteiger partial charge on any atom is 0.414 e. The standard InChI is InChI=1S/C22H30N4O4S.C2H2O4/c1-2-30-21-20(11-9-13-24-21)22(27)25(18-19-10-5-6-12-23-19)16-17-31(28,29)26-14-7-3-4-8-15-26;3-1(4)2(5)6/h5-6,9-13H,2-4,7-8,14-18H2,1H3;(H,3,4)(H,5,6). The van der Waals surface area contributed by atoms with Gasteiger partial charge in [-0.05, 0) is 44.0 Å². The zero-order valence-corrected chi connectivity index (χ0v) is 21.5. The Morgan fingerprint density at radius 1 is 0.973 bits per heavy atom. The summed E-state index contributed by atoms with van der Waals surface area (Å²) in [6, 6.07) is 8.77. The molecule has 0 spiro atoms. The summed E-state index contributed by atoms with van der Waals surface area (Å²) in [5.41, 5.74) is 0.998. The quantitative estimate of drug-likeness (QED) is 0.452. The van der Waals surface area contributed by atoms with Crippen LogP contribution in [0.25, 0.3) is 0 Å². The normalized spacial score (nSPS) is 14.0. The van der Waals surface area contributed by atoms with Gasteiger partial charge in [0.25, 0.3) is 5.91 Å². The number of carbonyl (C=O) groups excluding carboxylic acids is 1. The van der Waals surface area contributed by atoms with Gasteiger partial charge >= 0.3 is 11.9 Å². The third kappa shape index (κ3) is 9.77. The van der Waals surface area contributed by atoms with Crippen molar-refractivity contribution in [3.05, 3.63) is 54.0 Å². The summed E-state index contributed by atoms with van der Waals surface area (Å²) in [6.45, 7) is 3.56. The summed E-state index contributed by atoms with van der Waals surface area (Å²) >= 11 is 0. The minimum absolute atomic E-state index is 0.0642. The first-order chi connectivity index (χ1) is 17.7. The minimum Gasteiger partial charge on any atom is -0.477 e. The summed E-state index contributed by atoms with van der Waals surface area (Å²) in [5, 5.41) is 14.8. The molecule has 0 aliphatic carbocycles. The van der Waals surface area contributed by atoms with Gasteiger partial charge in [-0.3, -0.25) is 9.78 Å². The molecule has 202 valence electrons. The first-order valence-electron chi connectivity index (χ1n) is 11.9. The van der Waals surface area contributed by atoms with E-state index in [4.69, 9.17) is 24.5 Å². The van der Waals surface area contributed by atoms with Crippen molar-refractivity contribution < 1.29 is 37.8 Å². The number of aromatic nitrogens is 2. The Kier molecular flexibility index (Phi) is 11.9. The topological polar surface area (TPSA) is 167 Å². The SMILES string of the molecule is CCOc1ncccc1C(=O)N(CCS(=O)(=O)N1CCCCCC1)Cc1ccccn1.O=C(O)C(=O)O. The number of carboxylic acids is 2. The van der Waals surface area contributed by atoms with Crippen LogP contribution < -0.4 is 4.74 Å². The van der Waals surface area contributed by atoms with Crippen LogP contribution in [0.5, 0.6) is 5.88 Å². The van der Waals surface area contributed by atoms with Crippen LogP contribution in [0.15, 0.2) is 42.7 Å². The van der Waals surface area contributed by atoms with E-state index in [0.717, 1.165) is 25.7 Å². The molecule has 2 aromatic rings. The van der Waals surface area contributed by atoms with E-state index >= 15 is 0 Å². The third-order valence-electron chi connectivity index (χ3n) is 5.41. The van der Waals surface area contributed by atoms with Gasteiger partial charge in [0.05, 0.1) is 24.6 Å². The fraction of sp³-hybridized carbons (Fsp3) is 0.458. The molecular formula is C24H32N4O8S. The fourth-order valence-corrected chi connectivity index (χ4v) is 5.11. The molecule has 0 saturated carbocycles. The molecule has 12 nitrogen and oxygen atoms in total. The van der Waals surface area contributed by atoms with E-state index in [2.05, 4.69) is 9.97 Å². The van der Waals surface area contributed by atoms with Gasteiger partial charge in [-0.15, -0.1) is 0 Å². The number of nitrogens with zero attached hydrogens (tertiary/aromatic N) is 4. The maximum absolute atomic E-state index is 13.4. The number of sulfonamides is 1. The first-order valence-corrected chi connectivity index (χ1v) is 13.5. The number of amides is 1. The van der Waals surface area contributed by atoms with Crippen molar-refractivity contribution >= 4 is 27.9 Å². The number of ether oxygens (including phenoxy) is 1. The molecule has 13 heteroatoms. The average Bonchev–Trinajstić information content (AvgIpc) is 3.18. The Balaban J connectivity index is 0.000000717. The molecule has 1 aliphatic rings. The highest BCUT2D eigenvalue weighted by Gasteiger charge is 2.27. The molecule has 2 aromatic heterocycles. The number of rotatable bonds is 9. The molecule has 0 radical (unpaired) electrons. The van der Waals surface area contributed by atoms with Gasteiger partial charge in [0, 0.05) is 32.0 Å². The van der Waals surface area contributed by atoms with E-state index in [1.165, 1.54) is 4.90 Å². The van der Waals surface area contributed by atoms with Crippen LogP contribution in [0, 0.1) is 0 Å². The molecule has 1 saturated heterocycles. The molecular weight excluding hydrogens is 504 g/mol. The van der Waals surface area contributed by atoms with Gasteiger partial charge in [0.1, 0.15) is 5.56 Å². The van der Waals surface area contributed by atoms with Gasteiger partial charge < -0.3 is 19.8 Å². The Bertz CT molecular complexity index is 1120. The molecule has 37 heavy (non-hydrogen) atoms. The summed E-state index contributed by atoms with van der Waals surface area (Å²) in [6.07, 6.45) is 7.08. The van der Waals surface area contributed by atoms with E-state index < -0.39 is 22.0 Å². The molecule has 0 aromatic carbocycles. The van der Waals surface area contributed by atoms with Crippen molar-refractivity contribution in [1.29, 1.82) is 0 Å². The second kappa shape index (κ2) is 14.9. The van der Waals surface area contributed by atoms with Crippen molar-refractivity contribution in [3.8, 4) is 5.88 Å². The van der Waals surface area contributed by atoms with Gasteiger partial charge in [0.2, 0.25) is 15.9 Å². The van der Waals surface area contributed by atoms with E-state index in [9.17, 15) is 13.2 Å². The van der Waals surface area contributed by atoms with E-state index in [1.54, 1.807) is 34.9 Å². The fourth-order valence-electron chi connectivity index (χ4n) is 3.59. The van der Waals surface area contributed by atoms with Crippen molar-refractivity contribution in [3.63, 3.8) is 0 Å². The monoisotopic (exact) mass is 536 g/mol. The van der Waals surface area contributed by atoms with Crippen molar-refractivity contribution in [2.24, 2.45) is 0 Å². The number of carbonyl (C=O) groups is 3. The number of pyridine rings is 2. The van der Waals surface area contributed by atoms with Crippen molar-refractivity contribution in [2.45, 2.75) is 39.2 Å². The number of aliphatic carboxylic acids is 2. The lowest BCUT2D eigenvalue weighted by atomic mass is 10.2. The van der Waals surface area contributed by atoms with Crippen molar-refractivity contribution in [1.82, 2.24) is 19.2 Å². The predicted octanol–water partition coefficient (Wildman–Crippen LogP) is 1.88. The molecule has 0 unspecified atom stereocenters. The van der Waals surface area contributed by atoms with E-state index in [0.29, 0.717) is 31.0 Å². The Morgan fingerprint density at radius 2 is 1.62 bits per heavy atom. The zero-order valence-electron chi connectivity index (χ0n) is 20.7. The van der Waals surface area contributed by atoms with Crippen LogP contribution in [0.3, 0.4) is 0 Å². The lowest BCUT2D eigenvalue weighted by molar-refractivity contribution is -0.159. The molecule has 0 bridgehead atoms. The van der Waals surface area contributed by atoms with Crippen molar-refractivity contribution in [2.75, 3.05) is 32.0 Å². The summed E-state index contributed by atoms with van der Waals surface area (Å²) < 4.78 is 33.0. The third-order valence-corrected chi connectivity index (χ3v) is 7.26. The lowest BCUT2D eigenvalue weighted by Gasteiger charge is -2.25. The molecule has 1 aliphatic heterocycles. The largest absolute Gasteiger partial charge is 0.477 e. The minimum atomic E-state index is -3.46. The van der Waals surface area contributed by atoms with Crippen LogP contribution in [-0.4, -0.2) is 87.6 Å². The van der Waals surface area contributed by atoms with Gasteiger partial charge in [0.15, 0.2) is 0 Å². The Morgan fingerprint density at radius 3 is 2.19 bits per heavy atom. The van der Waals surface area contributed by atoms with Crippen LogP contribution in [0.1, 0.15) is 48.7 Å². The van der Waals surface area contributed by atoms with Gasteiger partial charge in [-0.1, -0.05) is 18.9 Å². The van der Waals surface area contributed by atoms with Crippen LogP contribution in [-0.2, 0) is 26.2 Å². The highest BCUT2D eigenvalue weighted by molar-refractivity contribution is 7.89. The van der Waals surface area contributed by atoms with Crippen LogP contribution in [0.2, 0.25) is 0 Å². The number of carboxylic acid groups (broad SMARTS) is 2. The zero-order chi connectivity index (χ0) is 27.3. The summed E-state index contributed by atoms with van der Waals surface area (Å²) in [7, 11) is -3.46. The van der Waals surface area contributed by atoms with Gasteiger partial charge in [-0.2, -0.15) is 0 Å². The Labute approximate surface area is 216 Å². The summed E-state index contributed by atoms with van der Waals surface area (Å²) in [5.74, 6) is -3.86. The predicted molar refractivity (Wildman–Crippen MR) is 133 cm³/mol. The Hall–Kier alpha value is -3.58. The second-order valence-corrected chi connectivity index (χ2v) is 10.2. The maximum atomic E-state index is 13.4. The smallest absolute Gasteiger partial charge is 0.414 e. The molecule has 1 fully saturated rings. The molecule has 3 heterocycles. The summed E-state index contributed by atoms with van der Waals surface area (Å²) in [4.78, 5) is 41.5. The van der Waals surface area contributed by atoms with E-state index in [1.807, 2.05) is 19.1 Å². The lowest BCUT2D eigenvalue weighted by Crippen LogP contribution is -2.40. The van der Waals surface area contributed by atoms with E-state index in [-0.39, 0.29) is 30.6 Å². The van der Waals surface area contributed by atoms with Crippen LogP contribution >= 0.6 is 0 Å². The molecule has 3 rings (SSSR count). The highest BCUT2D eigenvalue weighted by atomic mass is 32.2. The first kappa shape index (κ1) is 29.6. The second-order valence-electron chi connectivity index (χ2n) is 8.08. The number of hydrogen-bond donors (Lipinski definition) is 2. The molecule has 2 N–H and O–H groups in total. The molecule has 1 amide bonds. The highest BCUT2D eigenvalue weighted by Crippen LogP contribution is 2.19. The number of hydrogen-bond acceptors (Lipinski definition) is 8.